The minimum absolute atomic E-state index is 0.0141. The van der Waals surface area contributed by atoms with Gasteiger partial charge in [0.15, 0.2) is 5.78 Å². The van der Waals surface area contributed by atoms with Crippen molar-refractivity contribution in [3.8, 4) is 0 Å². The van der Waals surface area contributed by atoms with Crippen LogP contribution < -0.4 is 0 Å². The number of ketones is 1. The molecular weight excluding hydrogens is 236 g/mol. The molecule has 0 heterocycles. The van der Waals surface area contributed by atoms with Gasteiger partial charge in [0.2, 0.25) is 0 Å². The summed E-state index contributed by atoms with van der Waals surface area (Å²) in [5.41, 5.74) is 1.59. The quantitative estimate of drug-likeness (QED) is 0.727. The molecule has 0 saturated heterocycles. The Morgan fingerprint density at radius 2 is 1.58 bits per heavy atom. The zero-order valence-corrected chi connectivity index (χ0v) is 11.1. The van der Waals surface area contributed by atoms with Crippen molar-refractivity contribution in [1.82, 2.24) is 0 Å². The molecule has 0 aliphatic carbocycles. The maximum Gasteiger partial charge on any atom is 0.196 e. The van der Waals surface area contributed by atoms with E-state index in [2.05, 4.69) is 0 Å². The van der Waals surface area contributed by atoms with Gasteiger partial charge in [-0.05, 0) is 12.0 Å². The molecule has 2 rings (SSSR count). The fraction of sp³-hybridized carbons (Fsp3) is 0.235. The molecule has 0 radical (unpaired) electrons. The molecule has 0 fully saturated rings. The summed E-state index contributed by atoms with van der Waals surface area (Å²) in [5, 5.41) is 0. The van der Waals surface area contributed by atoms with Crippen LogP contribution in [0.4, 0.5) is 0 Å². The molecule has 1 atom stereocenters. The monoisotopic (exact) mass is 254 g/mol. The Morgan fingerprint density at radius 1 is 1.00 bits per heavy atom. The van der Waals surface area contributed by atoms with Gasteiger partial charge in [-0.1, -0.05) is 67.6 Å². The van der Waals surface area contributed by atoms with Crippen molar-refractivity contribution in [3.05, 3.63) is 71.8 Å². The minimum atomic E-state index is -0.511. The maximum absolute atomic E-state index is 12.5. The van der Waals surface area contributed by atoms with Gasteiger partial charge in [0.1, 0.15) is 6.10 Å². The summed E-state index contributed by atoms with van der Waals surface area (Å²) >= 11 is 0. The largest absolute Gasteiger partial charge is 0.365 e. The lowest BCUT2D eigenvalue weighted by Gasteiger charge is -2.17. The van der Waals surface area contributed by atoms with Crippen molar-refractivity contribution in [2.45, 2.75) is 19.4 Å². The first kappa shape index (κ1) is 13.5. The average Bonchev–Trinajstić information content (AvgIpc) is 2.49. The number of carbonyl (C=O) groups excluding carboxylic acids is 1. The highest BCUT2D eigenvalue weighted by Crippen LogP contribution is 2.22. The summed E-state index contributed by atoms with van der Waals surface area (Å²) in [6.07, 6.45) is 0.384. The molecule has 0 amide bonds. The predicted octanol–water partition coefficient (Wildman–Crippen LogP) is 4.04. The molecule has 98 valence electrons. The molecule has 2 nitrogen and oxygen atoms in total. The zero-order valence-electron chi connectivity index (χ0n) is 11.1. The molecule has 1 unspecified atom stereocenters. The van der Waals surface area contributed by atoms with E-state index in [4.69, 9.17) is 4.74 Å². The van der Waals surface area contributed by atoms with Gasteiger partial charge >= 0.3 is 0 Å². The van der Waals surface area contributed by atoms with Crippen LogP contribution in [0, 0.1) is 0 Å². The Balaban J connectivity index is 2.25. The third kappa shape index (κ3) is 3.52. The molecule has 0 aliphatic rings. The third-order valence-electron chi connectivity index (χ3n) is 2.89. The van der Waals surface area contributed by atoms with Gasteiger partial charge in [-0.3, -0.25) is 4.79 Å². The second-order valence-corrected chi connectivity index (χ2v) is 4.39. The highest BCUT2D eigenvalue weighted by Gasteiger charge is 2.22. The van der Waals surface area contributed by atoms with E-state index in [0.717, 1.165) is 12.0 Å². The smallest absolute Gasteiger partial charge is 0.196 e. The molecule has 2 aromatic rings. The number of hydrogen-bond donors (Lipinski definition) is 0. The lowest BCUT2D eigenvalue weighted by atomic mass is 10.00. The van der Waals surface area contributed by atoms with Gasteiger partial charge in [-0.15, -0.1) is 0 Å². The van der Waals surface area contributed by atoms with Gasteiger partial charge in [-0.25, -0.2) is 0 Å². The lowest BCUT2D eigenvalue weighted by Crippen LogP contribution is -2.17. The van der Waals surface area contributed by atoms with Gasteiger partial charge in [-0.2, -0.15) is 0 Å². The SMILES string of the molecule is CCCOC(C(=O)c1ccccc1)c1ccccc1. The summed E-state index contributed by atoms with van der Waals surface area (Å²) in [6, 6.07) is 19.0. The summed E-state index contributed by atoms with van der Waals surface area (Å²) < 4.78 is 5.74. The summed E-state index contributed by atoms with van der Waals surface area (Å²) in [5.74, 6) is 0.0141. The molecule has 2 heteroatoms. The fourth-order valence-electron chi connectivity index (χ4n) is 1.94. The second kappa shape index (κ2) is 6.86. The molecule has 0 aromatic heterocycles. The van der Waals surface area contributed by atoms with Crippen LogP contribution in [0.25, 0.3) is 0 Å². The van der Waals surface area contributed by atoms with Gasteiger partial charge in [0.25, 0.3) is 0 Å². The zero-order chi connectivity index (χ0) is 13.5. The number of rotatable bonds is 6. The van der Waals surface area contributed by atoms with Crippen LogP contribution in [0.15, 0.2) is 60.7 Å². The Kier molecular flexibility index (Phi) is 4.87. The fourth-order valence-corrected chi connectivity index (χ4v) is 1.94. The number of ether oxygens (including phenoxy) is 1. The lowest BCUT2D eigenvalue weighted by molar-refractivity contribution is 0.0407. The van der Waals surface area contributed by atoms with Crippen LogP contribution in [-0.2, 0) is 4.74 Å². The van der Waals surface area contributed by atoms with Crippen molar-refractivity contribution in [1.29, 1.82) is 0 Å². The normalized spacial score (nSPS) is 12.1. The van der Waals surface area contributed by atoms with E-state index < -0.39 is 6.10 Å². The van der Waals surface area contributed by atoms with Crippen molar-refractivity contribution in [3.63, 3.8) is 0 Å². The van der Waals surface area contributed by atoms with E-state index in [1.165, 1.54) is 0 Å². The average molecular weight is 254 g/mol. The van der Waals surface area contributed by atoms with E-state index in [0.29, 0.717) is 12.2 Å². The molecule has 2 aromatic carbocycles. The number of carbonyl (C=O) groups is 1. The van der Waals surface area contributed by atoms with Gasteiger partial charge < -0.3 is 4.74 Å². The number of hydrogen-bond acceptors (Lipinski definition) is 2. The van der Waals surface area contributed by atoms with Gasteiger partial charge in [0.05, 0.1) is 0 Å². The Morgan fingerprint density at radius 3 is 2.16 bits per heavy atom. The molecular formula is C17H18O2. The molecule has 0 N–H and O–H groups in total. The Bertz CT molecular complexity index is 505. The van der Waals surface area contributed by atoms with E-state index >= 15 is 0 Å². The Labute approximate surface area is 114 Å². The van der Waals surface area contributed by atoms with E-state index in [-0.39, 0.29) is 5.78 Å². The van der Waals surface area contributed by atoms with E-state index in [1.807, 2.05) is 67.6 Å². The van der Waals surface area contributed by atoms with Gasteiger partial charge in [0, 0.05) is 12.2 Å². The first-order chi connectivity index (χ1) is 9.33. The first-order valence-electron chi connectivity index (χ1n) is 6.58. The van der Waals surface area contributed by atoms with Crippen LogP contribution in [0.1, 0.15) is 35.4 Å². The van der Waals surface area contributed by atoms with E-state index in [9.17, 15) is 4.79 Å². The predicted molar refractivity (Wildman–Crippen MR) is 76.2 cm³/mol. The molecule has 0 aliphatic heterocycles. The molecule has 19 heavy (non-hydrogen) atoms. The molecule has 0 bridgehead atoms. The molecule has 0 saturated carbocycles. The van der Waals surface area contributed by atoms with Crippen molar-refractivity contribution < 1.29 is 9.53 Å². The standard InChI is InChI=1S/C17H18O2/c1-2-13-19-17(15-11-7-4-8-12-15)16(18)14-9-5-3-6-10-14/h3-12,17H,2,13H2,1H3. The van der Waals surface area contributed by atoms with Crippen molar-refractivity contribution >= 4 is 5.78 Å². The molecule has 0 spiro atoms. The van der Waals surface area contributed by atoms with Crippen LogP contribution >= 0.6 is 0 Å². The maximum atomic E-state index is 12.5. The Hall–Kier alpha value is -1.93. The number of benzene rings is 2. The minimum Gasteiger partial charge on any atom is -0.365 e. The highest BCUT2D eigenvalue weighted by atomic mass is 16.5. The van der Waals surface area contributed by atoms with E-state index in [1.54, 1.807) is 0 Å². The summed E-state index contributed by atoms with van der Waals surface area (Å²) in [7, 11) is 0. The number of Topliss-reactive ketones (excluding diaryl/α,β-unsaturated/α-hetero) is 1. The van der Waals surface area contributed by atoms with Crippen LogP contribution in [0.5, 0.6) is 0 Å². The summed E-state index contributed by atoms with van der Waals surface area (Å²) in [6.45, 7) is 2.62. The van der Waals surface area contributed by atoms with Crippen LogP contribution in [0.2, 0.25) is 0 Å². The topological polar surface area (TPSA) is 26.3 Å². The highest BCUT2D eigenvalue weighted by molar-refractivity contribution is 6.00. The second-order valence-electron chi connectivity index (χ2n) is 4.39. The van der Waals surface area contributed by atoms with Crippen LogP contribution in [0.3, 0.4) is 0 Å². The van der Waals surface area contributed by atoms with Crippen molar-refractivity contribution in [2.24, 2.45) is 0 Å². The van der Waals surface area contributed by atoms with Crippen LogP contribution in [-0.4, -0.2) is 12.4 Å². The summed E-state index contributed by atoms with van der Waals surface area (Å²) in [4.78, 5) is 12.5. The van der Waals surface area contributed by atoms with Crippen molar-refractivity contribution in [2.75, 3.05) is 6.61 Å². The first-order valence-corrected chi connectivity index (χ1v) is 6.58. The third-order valence-corrected chi connectivity index (χ3v) is 2.89.